The van der Waals surface area contributed by atoms with Crippen molar-refractivity contribution in [2.45, 2.75) is 38.0 Å². The van der Waals surface area contributed by atoms with Crippen molar-refractivity contribution in [1.29, 1.82) is 0 Å². The van der Waals surface area contributed by atoms with E-state index in [1.165, 1.54) is 11.1 Å². The number of hydrogen-bond acceptors (Lipinski definition) is 2. The number of rotatable bonds is 3. The van der Waals surface area contributed by atoms with Crippen LogP contribution in [0, 0.1) is 0 Å². The lowest BCUT2D eigenvalue weighted by atomic mass is 10.1. The van der Waals surface area contributed by atoms with Crippen LogP contribution in [-0.4, -0.2) is 19.7 Å². The predicted molar refractivity (Wildman–Crippen MR) is 72.5 cm³/mol. The van der Waals surface area contributed by atoms with Crippen LogP contribution in [0.1, 0.15) is 25.0 Å². The normalized spacial score (nSPS) is 19.6. The Morgan fingerprint density at radius 2 is 1.94 bits per heavy atom. The molecule has 0 spiro atoms. The number of fused-ring (bicyclic) bond motifs is 1. The van der Waals surface area contributed by atoms with Gasteiger partial charge in [0.05, 0.1) is 5.25 Å². The van der Waals surface area contributed by atoms with Crippen LogP contribution >= 0.6 is 15.9 Å². The lowest BCUT2D eigenvalue weighted by molar-refractivity contribution is 0.547. The Morgan fingerprint density at radius 1 is 1.29 bits per heavy atom. The van der Waals surface area contributed by atoms with Crippen molar-refractivity contribution in [2.24, 2.45) is 0 Å². The highest BCUT2D eigenvalue weighted by molar-refractivity contribution is 9.10. The SMILES string of the molecule is CC(C)S(=O)(=O)NC1Cc2ccc(Br)cc2C1. The predicted octanol–water partition coefficient (Wildman–Crippen LogP) is 2.24. The zero-order valence-corrected chi connectivity index (χ0v) is 12.3. The summed E-state index contributed by atoms with van der Waals surface area (Å²) >= 11 is 3.43. The molecule has 1 aromatic carbocycles. The fraction of sp³-hybridized carbons (Fsp3) is 0.500. The van der Waals surface area contributed by atoms with Crippen LogP contribution in [0.3, 0.4) is 0 Å². The summed E-state index contributed by atoms with van der Waals surface area (Å²) in [4.78, 5) is 0. The Hall–Kier alpha value is -0.390. The third-order valence-corrected chi connectivity index (χ3v) is 5.45. The number of hydrogen-bond donors (Lipinski definition) is 1. The van der Waals surface area contributed by atoms with Gasteiger partial charge < -0.3 is 0 Å². The average molecular weight is 318 g/mol. The molecule has 2 rings (SSSR count). The van der Waals surface area contributed by atoms with Crippen LogP contribution in [0.15, 0.2) is 22.7 Å². The van der Waals surface area contributed by atoms with Gasteiger partial charge in [-0.15, -0.1) is 0 Å². The minimum Gasteiger partial charge on any atom is -0.212 e. The van der Waals surface area contributed by atoms with E-state index in [-0.39, 0.29) is 11.3 Å². The fourth-order valence-electron chi connectivity index (χ4n) is 2.04. The molecule has 94 valence electrons. The first kappa shape index (κ1) is 13.1. The van der Waals surface area contributed by atoms with Gasteiger partial charge in [0.15, 0.2) is 0 Å². The van der Waals surface area contributed by atoms with Crippen molar-refractivity contribution in [1.82, 2.24) is 4.72 Å². The summed E-state index contributed by atoms with van der Waals surface area (Å²) < 4.78 is 27.4. The molecule has 17 heavy (non-hydrogen) atoms. The van der Waals surface area contributed by atoms with Gasteiger partial charge in [-0.3, -0.25) is 0 Å². The van der Waals surface area contributed by atoms with Crippen LogP contribution in [0.5, 0.6) is 0 Å². The van der Waals surface area contributed by atoms with Crippen LogP contribution in [-0.2, 0) is 22.9 Å². The summed E-state index contributed by atoms with van der Waals surface area (Å²) in [6.07, 6.45) is 1.56. The Kier molecular flexibility index (Phi) is 3.61. The standard InChI is InChI=1S/C12H16BrNO2S/c1-8(2)17(15,16)14-12-6-9-3-4-11(13)5-10(9)7-12/h3-5,8,12,14H,6-7H2,1-2H3. The third kappa shape index (κ3) is 2.89. The maximum atomic E-state index is 11.8. The summed E-state index contributed by atoms with van der Waals surface area (Å²) in [6, 6.07) is 6.13. The second kappa shape index (κ2) is 4.71. The van der Waals surface area contributed by atoms with Gasteiger partial charge in [0.25, 0.3) is 0 Å². The molecule has 1 aliphatic rings. The highest BCUT2D eigenvalue weighted by Gasteiger charge is 2.27. The number of nitrogens with one attached hydrogen (secondary N) is 1. The molecule has 0 heterocycles. The molecule has 1 N–H and O–H groups in total. The summed E-state index contributed by atoms with van der Waals surface area (Å²) in [5.74, 6) is 0. The smallest absolute Gasteiger partial charge is 0.212 e. The third-order valence-electron chi connectivity index (χ3n) is 3.05. The summed E-state index contributed by atoms with van der Waals surface area (Å²) in [7, 11) is -3.17. The van der Waals surface area contributed by atoms with E-state index >= 15 is 0 Å². The average Bonchev–Trinajstić information content (AvgIpc) is 2.57. The Balaban J connectivity index is 2.11. The van der Waals surface area contributed by atoms with Gasteiger partial charge in [-0.25, -0.2) is 13.1 Å². The van der Waals surface area contributed by atoms with E-state index in [0.29, 0.717) is 0 Å². The minimum atomic E-state index is -3.17. The molecule has 0 fully saturated rings. The van der Waals surface area contributed by atoms with Crippen molar-refractivity contribution >= 4 is 26.0 Å². The largest absolute Gasteiger partial charge is 0.214 e. The maximum Gasteiger partial charge on any atom is 0.214 e. The lowest BCUT2D eigenvalue weighted by Gasteiger charge is -2.14. The molecule has 5 heteroatoms. The van der Waals surface area contributed by atoms with E-state index in [0.717, 1.165) is 17.3 Å². The first-order valence-electron chi connectivity index (χ1n) is 5.67. The van der Waals surface area contributed by atoms with Crippen LogP contribution in [0.2, 0.25) is 0 Å². The van der Waals surface area contributed by atoms with E-state index in [2.05, 4.69) is 32.8 Å². The van der Waals surface area contributed by atoms with Gasteiger partial charge >= 0.3 is 0 Å². The van der Waals surface area contributed by atoms with E-state index in [4.69, 9.17) is 0 Å². The molecule has 0 amide bonds. The van der Waals surface area contributed by atoms with Gasteiger partial charge in [0.2, 0.25) is 10.0 Å². The van der Waals surface area contributed by atoms with E-state index in [1.807, 2.05) is 6.07 Å². The van der Waals surface area contributed by atoms with Crippen LogP contribution in [0.4, 0.5) is 0 Å². The zero-order valence-electron chi connectivity index (χ0n) is 9.90. The molecule has 1 atom stereocenters. The second-order valence-corrected chi connectivity index (χ2v) is 7.91. The van der Waals surface area contributed by atoms with Gasteiger partial charge in [-0.1, -0.05) is 22.0 Å². The van der Waals surface area contributed by atoms with Gasteiger partial charge in [-0.2, -0.15) is 0 Å². The van der Waals surface area contributed by atoms with Gasteiger partial charge in [-0.05, 0) is 49.9 Å². The van der Waals surface area contributed by atoms with Gasteiger partial charge in [0, 0.05) is 10.5 Å². The molecule has 0 saturated heterocycles. The molecule has 0 aromatic heterocycles. The quantitative estimate of drug-likeness (QED) is 0.929. The molecule has 1 aliphatic carbocycles. The molecular formula is C12H16BrNO2S. The molecule has 0 bridgehead atoms. The maximum absolute atomic E-state index is 11.8. The Labute approximate surface area is 111 Å². The molecule has 3 nitrogen and oxygen atoms in total. The zero-order chi connectivity index (χ0) is 12.6. The van der Waals surface area contributed by atoms with Gasteiger partial charge in [0.1, 0.15) is 0 Å². The molecular weight excluding hydrogens is 302 g/mol. The molecule has 0 radical (unpaired) electrons. The van der Waals surface area contributed by atoms with Crippen LogP contribution in [0.25, 0.3) is 0 Å². The van der Waals surface area contributed by atoms with E-state index in [1.54, 1.807) is 13.8 Å². The second-order valence-electron chi connectivity index (χ2n) is 4.73. The Morgan fingerprint density at radius 3 is 2.59 bits per heavy atom. The van der Waals surface area contributed by atoms with Crippen molar-refractivity contribution in [3.05, 3.63) is 33.8 Å². The summed E-state index contributed by atoms with van der Waals surface area (Å²) in [5.41, 5.74) is 2.47. The van der Waals surface area contributed by atoms with E-state index < -0.39 is 10.0 Å². The van der Waals surface area contributed by atoms with Crippen molar-refractivity contribution < 1.29 is 8.42 Å². The number of halogens is 1. The first-order chi connectivity index (χ1) is 7.88. The lowest BCUT2D eigenvalue weighted by Crippen LogP contribution is -2.39. The first-order valence-corrected chi connectivity index (χ1v) is 8.01. The fourth-order valence-corrected chi connectivity index (χ4v) is 3.35. The number of sulfonamides is 1. The Bertz CT molecular complexity index is 525. The molecule has 0 aliphatic heterocycles. The van der Waals surface area contributed by atoms with Crippen LogP contribution < -0.4 is 4.72 Å². The van der Waals surface area contributed by atoms with Crippen molar-refractivity contribution in [3.63, 3.8) is 0 Å². The highest BCUT2D eigenvalue weighted by atomic mass is 79.9. The number of benzene rings is 1. The summed E-state index contributed by atoms with van der Waals surface area (Å²) in [6.45, 7) is 3.39. The van der Waals surface area contributed by atoms with E-state index in [9.17, 15) is 8.42 Å². The van der Waals surface area contributed by atoms with Crippen molar-refractivity contribution in [2.75, 3.05) is 0 Å². The summed E-state index contributed by atoms with van der Waals surface area (Å²) in [5, 5.41) is -0.377. The van der Waals surface area contributed by atoms with Crippen molar-refractivity contribution in [3.8, 4) is 0 Å². The molecule has 0 saturated carbocycles. The minimum absolute atomic E-state index is 0.00620. The monoisotopic (exact) mass is 317 g/mol. The highest BCUT2D eigenvalue weighted by Crippen LogP contribution is 2.26. The topological polar surface area (TPSA) is 46.2 Å². The molecule has 1 unspecified atom stereocenters. The molecule has 1 aromatic rings.